The minimum absolute atomic E-state index is 0.0627. The first-order chi connectivity index (χ1) is 13.9. The Morgan fingerprint density at radius 1 is 1.07 bits per heavy atom. The summed E-state index contributed by atoms with van der Waals surface area (Å²) in [6.07, 6.45) is 0.446. The second-order valence-corrected chi connectivity index (χ2v) is 7.77. The number of hydrogen-bond donors (Lipinski definition) is 2. The molecule has 0 heterocycles. The molecule has 29 heavy (non-hydrogen) atoms. The second kappa shape index (κ2) is 11.4. The molecule has 0 saturated carbocycles. The molecule has 0 fully saturated rings. The summed E-state index contributed by atoms with van der Waals surface area (Å²) in [5, 5.41) is 11.8. The van der Waals surface area contributed by atoms with Crippen LogP contribution in [0.4, 0.5) is 0 Å². The average molecular weight is 416 g/mol. The Morgan fingerprint density at radius 2 is 1.72 bits per heavy atom. The van der Waals surface area contributed by atoms with Gasteiger partial charge in [-0.2, -0.15) is 0 Å². The summed E-state index contributed by atoms with van der Waals surface area (Å²) in [6.45, 7) is 1.14. The van der Waals surface area contributed by atoms with E-state index < -0.39 is 17.9 Å². The fraction of sp³-hybridized carbons (Fsp3) is 0.318. The number of Topliss-reactive ketones (excluding diaryl/α,β-unsaturated/α-hetero) is 1. The molecule has 2 aromatic carbocycles. The average Bonchev–Trinajstić information content (AvgIpc) is 2.72. The van der Waals surface area contributed by atoms with Gasteiger partial charge in [0.2, 0.25) is 0 Å². The second-order valence-electron chi connectivity index (χ2n) is 6.57. The first-order valence-electron chi connectivity index (χ1n) is 9.21. The molecule has 0 aliphatic rings. The van der Waals surface area contributed by atoms with Crippen LogP contribution in [-0.2, 0) is 20.8 Å². The molecule has 154 valence electrons. The van der Waals surface area contributed by atoms with E-state index >= 15 is 0 Å². The number of nitrogens with one attached hydrogen (secondary N) is 1. The molecule has 0 aromatic heterocycles. The highest BCUT2D eigenvalue weighted by atomic mass is 32.2. The first kappa shape index (κ1) is 22.6. The molecular weight excluding hydrogens is 390 g/mol. The van der Waals surface area contributed by atoms with Crippen molar-refractivity contribution in [2.24, 2.45) is 5.92 Å². The third kappa shape index (κ3) is 7.36. The van der Waals surface area contributed by atoms with E-state index in [2.05, 4.69) is 5.32 Å². The zero-order chi connectivity index (χ0) is 21.2. The van der Waals surface area contributed by atoms with E-state index in [0.29, 0.717) is 17.7 Å². The number of ether oxygens (including phenoxy) is 1. The largest absolute Gasteiger partial charge is 0.497 e. The number of thioether (sulfide) groups is 1. The number of ketones is 1. The first-order valence-corrected chi connectivity index (χ1v) is 10.2. The predicted octanol–water partition coefficient (Wildman–Crippen LogP) is 3.12. The molecule has 2 unspecified atom stereocenters. The van der Waals surface area contributed by atoms with Gasteiger partial charge in [0.05, 0.1) is 19.7 Å². The van der Waals surface area contributed by atoms with E-state index in [-0.39, 0.29) is 17.4 Å². The summed E-state index contributed by atoms with van der Waals surface area (Å²) in [5.74, 6) is -0.576. The molecule has 0 radical (unpaired) electrons. The molecule has 0 saturated heterocycles. The predicted molar refractivity (Wildman–Crippen MR) is 113 cm³/mol. The van der Waals surface area contributed by atoms with Crippen molar-refractivity contribution < 1.29 is 24.2 Å². The number of carbonyl (C=O) groups is 3. The number of rotatable bonds is 11. The molecule has 2 rings (SSSR count). The van der Waals surface area contributed by atoms with Gasteiger partial charge in [0, 0.05) is 18.6 Å². The molecule has 0 aliphatic carbocycles. The van der Waals surface area contributed by atoms with E-state index in [1.54, 1.807) is 31.4 Å². The smallest absolute Gasteiger partial charge is 0.317 e. The summed E-state index contributed by atoms with van der Waals surface area (Å²) >= 11 is 1.10. The number of carbonyl (C=O) groups excluding carboxylic acids is 2. The Balaban J connectivity index is 2.27. The lowest BCUT2D eigenvalue weighted by Crippen LogP contribution is -2.37. The number of hydrogen-bond acceptors (Lipinski definition) is 6. The quantitative estimate of drug-likeness (QED) is 0.582. The Morgan fingerprint density at radius 3 is 2.28 bits per heavy atom. The highest BCUT2D eigenvalue weighted by Gasteiger charge is 2.29. The van der Waals surface area contributed by atoms with Crippen molar-refractivity contribution in [1.29, 1.82) is 0 Å². The number of benzene rings is 2. The summed E-state index contributed by atoms with van der Waals surface area (Å²) in [7, 11) is 1.59. The van der Waals surface area contributed by atoms with Crippen molar-refractivity contribution >= 4 is 28.6 Å². The minimum atomic E-state index is -1.04. The molecule has 0 aliphatic heterocycles. The van der Waals surface area contributed by atoms with Gasteiger partial charge < -0.3 is 9.84 Å². The van der Waals surface area contributed by atoms with E-state index in [4.69, 9.17) is 9.84 Å². The minimum Gasteiger partial charge on any atom is -0.497 e. The van der Waals surface area contributed by atoms with Gasteiger partial charge >= 0.3 is 5.97 Å². The highest BCUT2D eigenvalue weighted by Crippen LogP contribution is 2.25. The molecule has 6 nitrogen and oxygen atoms in total. The van der Waals surface area contributed by atoms with Gasteiger partial charge in [-0.3, -0.25) is 19.7 Å². The highest BCUT2D eigenvalue weighted by molar-refractivity contribution is 8.13. The molecule has 0 spiro atoms. The Labute approximate surface area is 174 Å². The van der Waals surface area contributed by atoms with Crippen LogP contribution in [0.3, 0.4) is 0 Å². The fourth-order valence-corrected chi connectivity index (χ4v) is 3.68. The monoisotopic (exact) mass is 415 g/mol. The maximum absolute atomic E-state index is 13.4. The lowest BCUT2D eigenvalue weighted by molar-refractivity contribution is -0.136. The number of methoxy groups -OCH3 is 1. The van der Waals surface area contributed by atoms with Crippen molar-refractivity contribution in [2.45, 2.75) is 19.4 Å². The lowest BCUT2D eigenvalue weighted by atomic mass is 9.89. The Kier molecular flexibility index (Phi) is 8.89. The summed E-state index contributed by atoms with van der Waals surface area (Å²) in [4.78, 5) is 36.0. The van der Waals surface area contributed by atoms with Crippen molar-refractivity contribution in [3.63, 3.8) is 0 Å². The molecule has 0 bridgehead atoms. The Bertz CT molecular complexity index is 823. The van der Waals surface area contributed by atoms with Gasteiger partial charge in [0.1, 0.15) is 5.75 Å². The zero-order valence-electron chi connectivity index (χ0n) is 16.5. The van der Waals surface area contributed by atoms with Crippen LogP contribution in [-0.4, -0.2) is 41.4 Å². The Hall–Kier alpha value is -2.64. The molecular formula is C22H25NO5S. The molecule has 2 atom stereocenters. The van der Waals surface area contributed by atoms with Crippen molar-refractivity contribution in [3.8, 4) is 5.75 Å². The summed E-state index contributed by atoms with van der Waals surface area (Å²) in [6, 6.07) is 15.7. The normalized spacial score (nSPS) is 12.8. The number of carboxylic acid groups (broad SMARTS) is 1. The van der Waals surface area contributed by atoms with Crippen LogP contribution in [0, 0.1) is 5.92 Å². The topological polar surface area (TPSA) is 92.7 Å². The summed E-state index contributed by atoms with van der Waals surface area (Å²) < 4.78 is 5.17. The van der Waals surface area contributed by atoms with E-state index in [0.717, 1.165) is 23.1 Å². The zero-order valence-corrected chi connectivity index (χ0v) is 17.3. The van der Waals surface area contributed by atoms with Gasteiger partial charge in [0.15, 0.2) is 10.9 Å². The molecule has 2 N–H and O–H groups in total. The third-order valence-electron chi connectivity index (χ3n) is 4.41. The molecule has 0 amide bonds. The number of carboxylic acids is 1. The maximum atomic E-state index is 13.4. The van der Waals surface area contributed by atoms with Crippen molar-refractivity contribution in [3.05, 3.63) is 65.7 Å². The van der Waals surface area contributed by atoms with Crippen LogP contribution in [0.5, 0.6) is 5.75 Å². The third-order valence-corrected chi connectivity index (χ3v) is 5.38. The van der Waals surface area contributed by atoms with Crippen LogP contribution >= 0.6 is 11.8 Å². The van der Waals surface area contributed by atoms with Gasteiger partial charge in [-0.15, -0.1) is 0 Å². The fourth-order valence-electron chi connectivity index (χ4n) is 2.96. The molecule has 2 aromatic rings. The van der Waals surface area contributed by atoms with Crippen molar-refractivity contribution in [2.75, 3.05) is 19.4 Å². The van der Waals surface area contributed by atoms with Gasteiger partial charge in [-0.1, -0.05) is 54.2 Å². The lowest BCUT2D eigenvalue weighted by Gasteiger charge is -2.23. The van der Waals surface area contributed by atoms with Crippen LogP contribution in [0.25, 0.3) is 0 Å². The SMILES string of the molecule is COc1ccc(CC(CSC(C)=O)C(=O)C(NCC(=O)O)c2ccccc2)cc1. The van der Waals surface area contributed by atoms with Crippen LogP contribution in [0.15, 0.2) is 54.6 Å². The van der Waals surface area contributed by atoms with E-state index in [9.17, 15) is 14.4 Å². The van der Waals surface area contributed by atoms with Gasteiger partial charge in [0.25, 0.3) is 0 Å². The van der Waals surface area contributed by atoms with Crippen molar-refractivity contribution in [1.82, 2.24) is 5.32 Å². The van der Waals surface area contributed by atoms with Crippen LogP contribution in [0.2, 0.25) is 0 Å². The maximum Gasteiger partial charge on any atom is 0.317 e. The van der Waals surface area contributed by atoms with Crippen LogP contribution < -0.4 is 10.1 Å². The standard InChI is InChI=1S/C22H25NO5S/c1-15(24)29-14-18(12-16-8-10-19(28-2)11-9-16)22(27)21(23-13-20(25)26)17-6-4-3-5-7-17/h3-11,18,21,23H,12-14H2,1-2H3,(H,25,26). The van der Waals surface area contributed by atoms with Gasteiger partial charge in [-0.25, -0.2) is 0 Å². The van der Waals surface area contributed by atoms with Crippen LogP contribution in [0.1, 0.15) is 24.1 Å². The van der Waals surface area contributed by atoms with E-state index in [1.807, 2.05) is 30.3 Å². The van der Waals surface area contributed by atoms with E-state index in [1.165, 1.54) is 6.92 Å². The van der Waals surface area contributed by atoms with Gasteiger partial charge in [-0.05, 0) is 29.7 Å². The number of aliphatic carboxylic acids is 1. The summed E-state index contributed by atoms with van der Waals surface area (Å²) in [5.41, 5.74) is 1.64. The molecule has 7 heteroatoms.